The van der Waals surface area contributed by atoms with Gasteiger partial charge in [0, 0.05) is 12.7 Å². The minimum absolute atomic E-state index is 0.0112. The predicted molar refractivity (Wildman–Crippen MR) is 80.6 cm³/mol. The maximum atomic E-state index is 14.0. The summed E-state index contributed by atoms with van der Waals surface area (Å²) in [5.41, 5.74) is -1.36. The number of amides is 1. The van der Waals surface area contributed by atoms with Crippen LogP contribution < -0.4 is 5.32 Å². The molecule has 1 aromatic carbocycles. The summed E-state index contributed by atoms with van der Waals surface area (Å²) >= 11 is 0. The molecule has 1 fully saturated rings. The molecule has 5 nitrogen and oxygen atoms in total. The Morgan fingerprint density at radius 2 is 1.91 bits per heavy atom. The molecule has 1 amide bonds. The van der Waals surface area contributed by atoms with E-state index >= 15 is 0 Å². The van der Waals surface area contributed by atoms with E-state index in [1.165, 1.54) is 13.2 Å². The van der Waals surface area contributed by atoms with Crippen LogP contribution in [-0.2, 0) is 24.9 Å². The van der Waals surface area contributed by atoms with Crippen molar-refractivity contribution < 1.29 is 26.7 Å². The van der Waals surface area contributed by atoms with Gasteiger partial charge < -0.3 is 10.1 Å². The van der Waals surface area contributed by atoms with Gasteiger partial charge in [-0.1, -0.05) is 6.07 Å². The van der Waals surface area contributed by atoms with Gasteiger partial charge in [-0.3, -0.25) is 4.79 Å². The third-order valence-corrected chi connectivity index (χ3v) is 5.47. The van der Waals surface area contributed by atoms with Crippen LogP contribution in [0, 0.1) is 11.6 Å². The van der Waals surface area contributed by atoms with Crippen molar-refractivity contribution in [2.45, 2.75) is 24.8 Å². The Morgan fingerprint density at radius 3 is 2.39 bits per heavy atom. The Labute approximate surface area is 133 Å². The van der Waals surface area contributed by atoms with E-state index in [4.69, 9.17) is 0 Å². The molecule has 0 unspecified atom stereocenters. The second-order valence-corrected chi connectivity index (χ2v) is 7.85. The summed E-state index contributed by atoms with van der Waals surface area (Å²) in [4.78, 5) is 12.1. The molecule has 0 spiro atoms. The Kier molecular flexibility index (Phi) is 5.36. The fourth-order valence-corrected chi connectivity index (χ4v) is 3.74. The van der Waals surface area contributed by atoms with Gasteiger partial charge in [0.05, 0.1) is 17.9 Å². The fraction of sp³-hybridized carbons (Fsp3) is 0.533. The van der Waals surface area contributed by atoms with E-state index < -0.39 is 38.7 Å². The molecule has 1 aromatic rings. The molecule has 0 aromatic heterocycles. The number of rotatable bonds is 7. The number of hydrogen-bond acceptors (Lipinski definition) is 4. The van der Waals surface area contributed by atoms with Crippen molar-refractivity contribution in [3.8, 4) is 0 Å². The average molecular weight is 347 g/mol. The predicted octanol–water partition coefficient (Wildman–Crippen LogP) is 1.52. The first-order valence-electron chi connectivity index (χ1n) is 7.24. The van der Waals surface area contributed by atoms with Gasteiger partial charge in [0.25, 0.3) is 0 Å². The monoisotopic (exact) mass is 347 g/mol. The molecule has 1 aliphatic carbocycles. The number of halogens is 2. The van der Waals surface area contributed by atoms with Gasteiger partial charge in [-0.25, -0.2) is 17.2 Å². The van der Waals surface area contributed by atoms with E-state index in [2.05, 4.69) is 10.1 Å². The summed E-state index contributed by atoms with van der Waals surface area (Å²) in [7, 11) is -2.27. The lowest BCUT2D eigenvalue weighted by Gasteiger charge is -2.43. The minimum Gasteiger partial charge on any atom is -0.384 e. The normalized spacial score (nSPS) is 16.7. The van der Waals surface area contributed by atoms with Crippen LogP contribution in [0.3, 0.4) is 0 Å². The van der Waals surface area contributed by atoms with Gasteiger partial charge in [-0.05, 0) is 31.4 Å². The van der Waals surface area contributed by atoms with Crippen molar-refractivity contribution >= 4 is 15.7 Å². The standard InChI is InChI=1S/C15H19F2NO4S/c1-22-8-9-23(20,21)10-13(19)18-15(6-3-7-15)14-11(16)4-2-5-12(14)17/h2,4-5H,3,6-10H2,1H3,(H,18,19). The summed E-state index contributed by atoms with van der Waals surface area (Å²) in [5, 5.41) is 2.52. The second kappa shape index (κ2) is 6.92. The number of benzene rings is 1. The maximum absolute atomic E-state index is 14.0. The van der Waals surface area contributed by atoms with E-state index in [0.29, 0.717) is 19.3 Å². The zero-order valence-electron chi connectivity index (χ0n) is 12.8. The lowest BCUT2D eigenvalue weighted by Crippen LogP contribution is -2.53. The first-order chi connectivity index (χ1) is 10.8. The Bertz CT molecular complexity index is 666. The summed E-state index contributed by atoms with van der Waals surface area (Å²) in [6.07, 6.45) is 1.44. The number of methoxy groups -OCH3 is 1. The first-order valence-corrected chi connectivity index (χ1v) is 9.07. The number of sulfone groups is 1. The SMILES string of the molecule is COCCS(=O)(=O)CC(=O)NC1(c2c(F)cccc2F)CCC1. The van der Waals surface area contributed by atoms with Crippen LogP contribution in [0.2, 0.25) is 0 Å². The molecule has 23 heavy (non-hydrogen) atoms. The zero-order chi connectivity index (χ0) is 17.1. The molecule has 0 atom stereocenters. The van der Waals surface area contributed by atoms with Gasteiger partial charge in [0.1, 0.15) is 17.4 Å². The molecule has 0 aliphatic heterocycles. The second-order valence-electron chi connectivity index (χ2n) is 5.67. The van der Waals surface area contributed by atoms with Crippen molar-refractivity contribution in [2.24, 2.45) is 0 Å². The molecule has 1 aliphatic rings. The zero-order valence-corrected chi connectivity index (χ0v) is 13.6. The summed E-state index contributed by atoms with van der Waals surface area (Å²) in [6, 6.07) is 3.50. The van der Waals surface area contributed by atoms with Gasteiger partial charge in [0.15, 0.2) is 9.84 Å². The van der Waals surface area contributed by atoms with Crippen LogP contribution in [0.15, 0.2) is 18.2 Å². The van der Waals surface area contributed by atoms with Crippen molar-refractivity contribution in [3.05, 3.63) is 35.4 Å². The molecule has 8 heteroatoms. The molecule has 0 saturated heterocycles. The molecule has 1 N–H and O–H groups in total. The van der Waals surface area contributed by atoms with Crippen molar-refractivity contribution in [1.82, 2.24) is 5.32 Å². The van der Waals surface area contributed by atoms with Gasteiger partial charge in [0.2, 0.25) is 5.91 Å². The average Bonchev–Trinajstić information content (AvgIpc) is 2.41. The van der Waals surface area contributed by atoms with Gasteiger partial charge in [-0.2, -0.15) is 0 Å². The van der Waals surface area contributed by atoms with Crippen LogP contribution in [0.5, 0.6) is 0 Å². The largest absolute Gasteiger partial charge is 0.384 e. The summed E-state index contributed by atoms with van der Waals surface area (Å²) in [6.45, 7) is -0.0112. The molecule has 2 rings (SSSR count). The maximum Gasteiger partial charge on any atom is 0.235 e. The smallest absolute Gasteiger partial charge is 0.235 e. The Hall–Kier alpha value is -1.54. The lowest BCUT2D eigenvalue weighted by atomic mass is 9.71. The first kappa shape index (κ1) is 17.8. The van der Waals surface area contributed by atoms with E-state index in [1.54, 1.807) is 0 Å². The highest BCUT2D eigenvalue weighted by molar-refractivity contribution is 7.92. The van der Waals surface area contributed by atoms with E-state index in [-0.39, 0.29) is 17.9 Å². The molecule has 128 valence electrons. The van der Waals surface area contributed by atoms with Crippen LogP contribution in [0.4, 0.5) is 8.78 Å². The van der Waals surface area contributed by atoms with E-state index in [0.717, 1.165) is 12.1 Å². The highest BCUT2D eigenvalue weighted by Gasteiger charge is 2.44. The van der Waals surface area contributed by atoms with Crippen molar-refractivity contribution in [3.63, 3.8) is 0 Å². The van der Waals surface area contributed by atoms with Crippen LogP contribution in [0.25, 0.3) is 0 Å². The number of ether oxygens (including phenoxy) is 1. The van der Waals surface area contributed by atoms with Crippen LogP contribution in [-0.4, -0.2) is 39.5 Å². The van der Waals surface area contributed by atoms with Crippen molar-refractivity contribution in [2.75, 3.05) is 25.2 Å². The highest BCUT2D eigenvalue weighted by Crippen LogP contribution is 2.43. The molecule has 0 radical (unpaired) electrons. The van der Waals surface area contributed by atoms with Crippen LogP contribution >= 0.6 is 0 Å². The summed E-state index contributed by atoms with van der Waals surface area (Å²) < 4.78 is 56.2. The molecule has 1 saturated carbocycles. The van der Waals surface area contributed by atoms with E-state index in [1.807, 2.05) is 0 Å². The van der Waals surface area contributed by atoms with Gasteiger partial charge >= 0.3 is 0 Å². The van der Waals surface area contributed by atoms with Crippen LogP contribution in [0.1, 0.15) is 24.8 Å². The molecular weight excluding hydrogens is 328 g/mol. The Balaban J connectivity index is 2.15. The number of nitrogens with one attached hydrogen (secondary N) is 1. The quantitative estimate of drug-likeness (QED) is 0.812. The summed E-state index contributed by atoms with van der Waals surface area (Å²) in [5.74, 6) is -3.26. The lowest BCUT2D eigenvalue weighted by molar-refractivity contribution is -0.121. The Morgan fingerprint density at radius 1 is 1.30 bits per heavy atom. The van der Waals surface area contributed by atoms with Gasteiger partial charge in [-0.15, -0.1) is 0 Å². The topological polar surface area (TPSA) is 72.5 Å². The molecule has 0 bridgehead atoms. The fourth-order valence-electron chi connectivity index (χ4n) is 2.71. The number of carbonyl (C=O) groups excluding carboxylic acids is 1. The number of hydrogen-bond donors (Lipinski definition) is 1. The molecule has 0 heterocycles. The highest BCUT2D eigenvalue weighted by atomic mass is 32.2. The molecular formula is C15H19F2NO4S. The van der Waals surface area contributed by atoms with E-state index in [9.17, 15) is 22.0 Å². The number of carbonyl (C=O) groups is 1. The third-order valence-electron chi connectivity index (χ3n) is 3.98. The third kappa shape index (κ3) is 4.06. The minimum atomic E-state index is -3.63. The van der Waals surface area contributed by atoms with Crippen molar-refractivity contribution in [1.29, 1.82) is 0 Å².